The summed E-state index contributed by atoms with van der Waals surface area (Å²) in [5.41, 5.74) is 0. The van der Waals surface area contributed by atoms with Gasteiger partial charge < -0.3 is 10.2 Å². The van der Waals surface area contributed by atoms with Crippen LogP contribution in [0.25, 0.3) is 0 Å². The lowest BCUT2D eigenvalue weighted by Crippen LogP contribution is -2.40. The van der Waals surface area contributed by atoms with E-state index in [-0.39, 0.29) is 0 Å². The van der Waals surface area contributed by atoms with Crippen molar-refractivity contribution in [2.75, 3.05) is 6.54 Å². The molecule has 2 aliphatic rings. The summed E-state index contributed by atoms with van der Waals surface area (Å²) in [6.07, 6.45) is 5.75. The van der Waals surface area contributed by atoms with Crippen LogP contribution in [0.1, 0.15) is 43.9 Å². The Morgan fingerprint density at radius 1 is 1.40 bits per heavy atom. The molecule has 0 spiro atoms. The van der Waals surface area contributed by atoms with Crippen molar-refractivity contribution in [1.82, 2.24) is 10.2 Å². The van der Waals surface area contributed by atoms with Gasteiger partial charge in [0.15, 0.2) is 0 Å². The van der Waals surface area contributed by atoms with Gasteiger partial charge in [0.2, 0.25) is 5.91 Å². The summed E-state index contributed by atoms with van der Waals surface area (Å²) in [4.78, 5) is 15.8. The van der Waals surface area contributed by atoms with Gasteiger partial charge in [-0.3, -0.25) is 4.79 Å². The van der Waals surface area contributed by atoms with Gasteiger partial charge in [-0.25, -0.2) is 0 Å². The molecule has 2 unspecified atom stereocenters. The minimum Gasteiger partial charge on any atom is -0.338 e. The molecule has 20 heavy (non-hydrogen) atoms. The van der Waals surface area contributed by atoms with Crippen LogP contribution in [0, 0.1) is 5.92 Å². The number of nitrogens with zero attached hydrogens (tertiary/aromatic N) is 1. The first-order valence-corrected chi connectivity index (χ1v) is 8.68. The highest BCUT2D eigenvalue weighted by atomic mass is 32.1. The molecule has 3 nitrogen and oxygen atoms in total. The zero-order valence-electron chi connectivity index (χ0n) is 12.2. The Morgan fingerprint density at radius 2 is 2.15 bits per heavy atom. The van der Waals surface area contributed by atoms with E-state index in [2.05, 4.69) is 29.8 Å². The molecule has 2 atom stereocenters. The van der Waals surface area contributed by atoms with Crippen LogP contribution in [0.5, 0.6) is 0 Å². The maximum absolute atomic E-state index is 12.5. The third-order valence-corrected chi connectivity index (χ3v) is 5.56. The highest BCUT2D eigenvalue weighted by molar-refractivity contribution is 7.09. The number of amides is 1. The third kappa shape index (κ3) is 3.23. The van der Waals surface area contributed by atoms with E-state index in [1.807, 2.05) is 4.90 Å². The van der Waals surface area contributed by atoms with Crippen LogP contribution < -0.4 is 5.32 Å². The zero-order chi connectivity index (χ0) is 13.9. The normalized spacial score (nSPS) is 28.6. The second-order valence-electron chi connectivity index (χ2n) is 6.17. The first-order chi connectivity index (χ1) is 9.74. The van der Waals surface area contributed by atoms with Crippen LogP contribution in [0.3, 0.4) is 0 Å². The Hall–Kier alpha value is -0.870. The number of carbonyl (C=O) groups is 1. The monoisotopic (exact) mass is 292 g/mol. The molecule has 1 N–H and O–H groups in total. The van der Waals surface area contributed by atoms with Crippen molar-refractivity contribution in [3.8, 4) is 0 Å². The molecule has 110 valence electrons. The lowest BCUT2D eigenvalue weighted by molar-refractivity contribution is -0.132. The van der Waals surface area contributed by atoms with Crippen LogP contribution in [0.2, 0.25) is 0 Å². The lowest BCUT2D eigenvalue weighted by Gasteiger charge is -2.30. The number of fused-ring (bicyclic) bond motifs is 2. The van der Waals surface area contributed by atoms with Crippen LogP contribution in [0.15, 0.2) is 17.5 Å². The number of thiophene rings is 1. The van der Waals surface area contributed by atoms with Crippen LogP contribution in [-0.4, -0.2) is 29.4 Å². The number of rotatable bonds is 5. The molecule has 3 heterocycles. The van der Waals surface area contributed by atoms with Crippen molar-refractivity contribution in [2.45, 2.75) is 57.7 Å². The maximum Gasteiger partial charge on any atom is 0.223 e. The van der Waals surface area contributed by atoms with E-state index in [1.54, 1.807) is 11.3 Å². The standard InChI is InChI=1S/C16H24N2OS/c1-2-18(11-15-4-3-7-20-15)16(19)10-12-8-13-5-6-14(9-12)17-13/h3-4,7,12-14,17H,2,5-6,8-11H2,1H3. The summed E-state index contributed by atoms with van der Waals surface area (Å²) < 4.78 is 0. The van der Waals surface area contributed by atoms with Crippen molar-refractivity contribution in [3.05, 3.63) is 22.4 Å². The van der Waals surface area contributed by atoms with E-state index in [0.717, 1.165) is 19.5 Å². The molecule has 2 saturated heterocycles. The molecule has 2 aliphatic heterocycles. The van der Waals surface area contributed by atoms with E-state index in [9.17, 15) is 4.79 Å². The van der Waals surface area contributed by atoms with Gasteiger partial charge in [0, 0.05) is 29.9 Å². The molecule has 1 aromatic rings. The Bertz CT molecular complexity index is 433. The number of piperidine rings is 1. The summed E-state index contributed by atoms with van der Waals surface area (Å²) in [5, 5.41) is 5.73. The van der Waals surface area contributed by atoms with Gasteiger partial charge >= 0.3 is 0 Å². The molecule has 0 saturated carbocycles. The van der Waals surface area contributed by atoms with E-state index >= 15 is 0 Å². The Labute approximate surface area is 125 Å². The lowest BCUT2D eigenvalue weighted by atomic mass is 9.89. The number of hydrogen-bond donors (Lipinski definition) is 1. The van der Waals surface area contributed by atoms with Gasteiger partial charge in [-0.2, -0.15) is 0 Å². The van der Waals surface area contributed by atoms with Gasteiger partial charge in [0.05, 0.1) is 6.54 Å². The highest BCUT2D eigenvalue weighted by Crippen LogP contribution is 2.33. The van der Waals surface area contributed by atoms with Crippen molar-refractivity contribution in [1.29, 1.82) is 0 Å². The fourth-order valence-electron chi connectivity index (χ4n) is 3.68. The summed E-state index contributed by atoms with van der Waals surface area (Å²) in [6, 6.07) is 5.53. The number of nitrogens with one attached hydrogen (secondary N) is 1. The Kier molecular flexibility index (Phi) is 4.41. The molecule has 2 fully saturated rings. The molecule has 0 aromatic carbocycles. The van der Waals surface area contributed by atoms with E-state index in [4.69, 9.17) is 0 Å². The van der Waals surface area contributed by atoms with Crippen LogP contribution in [-0.2, 0) is 11.3 Å². The molecule has 0 aliphatic carbocycles. The van der Waals surface area contributed by atoms with Crippen molar-refractivity contribution in [2.24, 2.45) is 5.92 Å². The number of carbonyl (C=O) groups excluding carboxylic acids is 1. The van der Waals surface area contributed by atoms with Gasteiger partial charge in [0.25, 0.3) is 0 Å². The molecule has 2 bridgehead atoms. The SMILES string of the molecule is CCN(Cc1cccs1)C(=O)CC1CC2CCC(C1)N2. The summed E-state index contributed by atoms with van der Waals surface area (Å²) >= 11 is 1.74. The average molecular weight is 292 g/mol. The van der Waals surface area contributed by atoms with E-state index < -0.39 is 0 Å². The Balaban J connectivity index is 1.54. The molecule has 1 amide bonds. The molecule has 0 radical (unpaired) electrons. The second kappa shape index (κ2) is 6.27. The summed E-state index contributed by atoms with van der Waals surface area (Å²) in [5.74, 6) is 0.936. The zero-order valence-corrected chi connectivity index (χ0v) is 13.0. The van der Waals surface area contributed by atoms with Gasteiger partial charge in [-0.15, -0.1) is 11.3 Å². The molecule has 1 aromatic heterocycles. The van der Waals surface area contributed by atoms with Crippen molar-refractivity contribution >= 4 is 17.2 Å². The first kappa shape index (κ1) is 14.1. The van der Waals surface area contributed by atoms with Gasteiger partial charge in [0.1, 0.15) is 0 Å². The van der Waals surface area contributed by atoms with Crippen LogP contribution >= 0.6 is 11.3 Å². The maximum atomic E-state index is 12.5. The fraction of sp³-hybridized carbons (Fsp3) is 0.688. The Morgan fingerprint density at radius 3 is 2.75 bits per heavy atom. The summed E-state index contributed by atoms with van der Waals surface area (Å²) in [7, 11) is 0. The highest BCUT2D eigenvalue weighted by Gasteiger charge is 2.34. The number of hydrogen-bond acceptors (Lipinski definition) is 3. The minimum absolute atomic E-state index is 0.340. The molecule has 3 rings (SSSR count). The minimum atomic E-state index is 0.340. The second-order valence-corrected chi connectivity index (χ2v) is 7.20. The summed E-state index contributed by atoms with van der Waals surface area (Å²) in [6.45, 7) is 3.68. The topological polar surface area (TPSA) is 32.3 Å². The van der Waals surface area contributed by atoms with Crippen molar-refractivity contribution < 1.29 is 4.79 Å². The molecular weight excluding hydrogens is 268 g/mol. The largest absolute Gasteiger partial charge is 0.338 e. The van der Waals surface area contributed by atoms with E-state index in [1.165, 1.54) is 30.6 Å². The third-order valence-electron chi connectivity index (χ3n) is 4.70. The predicted octanol–water partition coefficient (Wildman–Crippen LogP) is 3.02. The van der Waals surface area contributed by atoms with Crippen molar-refractivity contribution in [3.63, 3.8) is 0 Å². The predicted molar refractivity (Wildman–Crippen MR) is 82.7 cm³/mol. The van der Waals surface area contributed by atoms with E-state index in [0.29, 0.717) is 23.9 Å². The molecule has 4 heteroatoms. The quantitative estimate of drug-likeness (QED) is 0.905. The van der Waals surface area contributed by atoms with Gasteiger partial charge in [-0.1, -0.05) is 6.07 Å². The molecular formula is C16H24N2OS. The smallest absolute Gasteiger partial charge is 0.223 e. The fourth-order valence-corrected chi connectivity index (χ4v) is 4.40. The first-order valence-electron chi connectivity index (χ1n) is 7.80. The van der Waals surface area contributed by atoms with Crippen LogP contribution in [0.4, 0.5) is 0 Å². The average Bonchev–Trinajstić information content (AvgIpc) is 3.06. The van der Waals surface area contributed by atoms with Gasteiger partial charge in [-0.05, 0) is 50.0 Å².